The van der Waals surface area contributed by atoms with Crippen LogP contribution in [0.2, 0.25) is 0 Å². The van der Waals surface area contributed by atoms with Crippen LogP contribution in [-0.4, -0.2) is 18.7 Å². The second-order valence-electron chi connectivity index (χ2n) is 1.89. The Morgan fingerprint density at radius 1 is 1.89 bits per heavy atom. The van der Waals surface area contributed by atoms with Crippen LogP contribution in [0.4, 0.5) is 0 Å². The lowest BCUT2D eigenvalue weighted by Crippen LogP contribution is -2.28. The van der Waals surface area contributed by atoms with Crippen molar-refractivity contribution in [3.63, 3.8) is 0 Å². The van der Waals surface area contributed by atoms with Crippen LogP contribution in [0.5, 0.6) is 0 Å². The number of carbonyl (C=O) groups excluding carboxylic acids is 1. The Balaban J connectivity index is 3.58. The highest BCUT2D eigenvalue weighted by atomic mass is 16.1. The van der Waals surface area contributed by atoms with E-state index in [4.69, 9.17) is 5.73 Å². The minimum absolute atomic E-state index is 0.308. The smallest absolute Gasteiger partial charge is 0.261 e. The van der Waals surface area contributed by atoms with E-state index in [1.54, 1.807) is 0 Å². The topological polar surface area (TPSA) is 55.5 Å². The molecule has 0 radical (unpaired) electrons. The predicted octanol–water partition coefficient (Wildman–Crippen LogP) is 0.341. The van der Waals surface area contributed by atoms with Gasteiger partial charge in [-0.2, -0.15) is 0 Å². The highest BCUT2D eigenvalue weighted by molar-refractivity contribution is 5.85. The molecule has 0 aromatic carbocycles. The molecule has 0 aliphatic carbocycles. The molecular weight excluding hydrogens is 116 g/mol. The quantitative estimate of drug-likeness (QED) is 0.557. The predicted molar refractivity (Wildman–Crippen MR) is 37.4 cm³/mol. The van der Waals surface area contributed by atoms with Crippen LogP contribution in [-0.2, 0) is 4.79 Å². The lowest BCUT2D eigenvalue weighted by molar-refractivity contribution is -0.119. The molecule has 3 nitrogen and oxygen atoms in total. The van der Waals surface area contributed by atoms with Crippen molar-refractivity contribution in [2.45, 2.75) is 25.8 Å². The second kappa shape index (κ2) is 4.21. The van der Waals surface area contributed by atoms with E-state index in [1.807, 2.05) is 6.92 Å². The first-order valence-corrected chi connectivity index (χ1v) is 2.98. The van der Waals surface area contributed by atoms with Gasteiger partial charge in [-0.05, 0) is 13.1 Å². The van der Waals surface area contributed by atoms with Gasteiger partial charge < -0.3 is 5.73 Å². The summed E-state index contributed by atoms with van der Waals surface area (Å²) in [5.74, 6) is -0.308. The molecule has 0 bridgehead atoms. The van der Waals surface area contributed by atoms with E-state index in [0.29, 0.717) is 6.42 Å². The van der Waals surface area contributed by atoms with Gasteiger partial charge in [0.2, 0.25) is 0 Å². The number of aliphatic imine (C=N–C) groups is 1. The molecule has 0 fully saturated rings. The number of carbonyl (C=O) groups is 1. The molecule has 0 unspecified atom stereocenters. The summed E-state index contributed by atoms with van der Waals surface area (Å²) in [5.41, 5.74) is 5.35. The van der Waals surface area contributed by atoms with Crippen LogP contribution in [0.1, 0.15) is 19.8 Å². The number of nitrogens with two attached hydrogens (primary N) is 1. The second-order valence-corrected chi connectivity index (χ2v) is 1.89. The van der Waals surface area contributed by atoms with E-state index in [0.717, 1.165) is 6.42 Å². The van der Waals surface area contributed by atoms with E-state index in [9.17, 15) is 4.79 Å². The lowest BCUT2D eigenvalue weighted by Gasteiger charge is -2.02. The Kier molecular flexibility index (Phi) is 3.88. The molecule has 0 spiro atoms. The zero-order chi connectivity index (χ0) is 7.28. The maximum absolute atomic E-state index is 10.5. The third-order valence-corrected chi connectivity index (χ3v) is 1.07. The van der Waals surface area contributed by atoms with E-state index in [2.05, 4.69) is 11.7 Å². The molecule has 0 saturated carbocycles. The summed E-state index contributed by atoms with van der Waals surface area (Å²) in [6.45, 7) is 5.05. The van der Waals surface area contributed by atoms with Gasteiger partial charge in [0.15, 0.2) is 0 Å². The van der Waals surface area contributed by atoms with Crippen molar-refractivity contribution in [3.05, 3.63) is 0 Å². The van der Waals surface area contributed by atoms with Crippen molar-refractivity contribution in [3.8, 4) is 0 Å². The van der Waals surface area contributed by atoms with Crippen molar-refractivity contribution < 1.29 is 4.79 Å². The van der Waals surface area contributed by atoms with Crippen LogP contribution in [0.3, 0.4) is 0 Å². The Bertz CT molecular complexity index is 112. The fraction of sp³-hybridized carbons (Fsp3) is 0.667. The Morgan fingerprint density at radius 3 is 2.78 bits per heavy atom. The molecule has 1 amide bonds. The molecule has 0 aromatic rings. The van der Waals surface area contributed by atoms with Gasteiger partial charge in [0.25, 0.3) is 5.91 Å². The number of nitrogens with zero attached hydrogens (tertiary/aromatic N) is 1. The van der Waals surface area contributed by atoms with Gasteiger partial charge in [0, 0.05) is 0 Å². The third-order valence-electron chi connectivity index (χ3n) is 1.07. The number of rotatable bonds is 3. The average Bonchev–Trinajstić information content (AvgIpc) is 1.87. The largest absolute Gasteiger partial charge is 0.320 e. The van der Waals surface area contributed by atoms with E-state index < -0.39 is 6.04 Å². The number of hydrogen-bond acceptors (Lipinski definition) is 2. The first kappa shape index (κ1) is 8.30. The highest BCUT2D eigenvalue weighted by Crippen LogP contribution is 1.93. The third kappa shape index (κ3) is 2.98. The molecular formula is C6H12N2O. The Hall–Kier alpha value is -0.700. The van der Waals surface area contributed by atoms with E-state index >= 15 is 0 Å². The summed E-state index contributed by atoms with van der Waals surface area (Å²) in [6.07, 6.45) is 1.60. The summed E-state index contributed by atoms with van der Waals surface area (Å²) < 4.78 is 0. The van der Waals surface area contributed by atoms with Crippen LogP contribution in [0, 0.1) is 0 Å². The average molecular weight is 128 g/mol. The zero-order valence-corrected chi connectivity index (χ0v) is 5.63. The molecule has 1 atom stereocenters. The molecule has 0 aliphatic heterocycles. The SMILES string of the molecule is C=NC(=O)[C@@H](N)CCC. The maximum atomic E-state index is 10.5. The summed E-state index contributed by atoms with van der Waals surface area (Å²) in [7, 11) is 0. The minimum atomic E-state index is -0.438. The summed E-state index contributed by atoms with van der Waals surface area (Å²) in [5, 5.41) is 0. The molecule has 0 rings (SSSR count). The van der Waals surface area contributed by atoms with Gasteiger partial charge >= 0.3 is 0 Å². The van der Waals surface area contributed by atoms with E-state index in [-0.39, 0.29) is 5.91 Å². The van der Waals surface area contributed by atoms with Gasteiger partial charge in [0.05, 0.1) is 6.04 Å². The van der Waals surface area contributed by atoms with Crippen molar-refractivity contribution in [2.24, 2.45) is 10.7 Å². The van der Waals surface area contributed by atoms with Crippen molar-refractivity contribution in [2.75, 3.05) is 0 Å². The maximum Gasteiger partial charge on any atom is 0.261 e. The van der Waals surface area contributed by atoms with Crippen LogP contribution in [0.15, 0.2) is 4.99 Å². The highest BCUT2D eigenvalue weighted by Gasteiger charge is 2.08. The fourth-order valence-corrected chi connectivity index (χ4v) is 0.552. The molecule has 0 aliphatic rings. The first-order chi connectivity index (χ1) is 4.22. The van der Waals surface area contributed by atoms with Gasteiger partial charge in [-0.1, -0.05) is 13.3 Å². The zero-order valence-electron chi connectivity index (χ0n) is 5.63. The molecule has 0 saturated heterocycles. The van der Waals surface area contributed by atoms with Crippen molar-refractivity contribution in [1.82, 2.24) is 0 Å². The van der Waals surface area contributed by atoms with Crippen molar-refractivity contribution in [1.29, 1.82) is 0 Å². The Labute approximate surface area is 55.0 Å². The number of amides is 1. The van der Waals surface area contributed by atoms with Gasteiger partial charge in [-0.3, -0.25) is 4.79 Å². The summed E-state index contributed by atoms with van der Waals surface area (Å²) in [4.78, 5) is 13.7. The standard InChI is InChI=1S/C6H12N2O/c1-3-4-5(7)6(9)8-2/h5H,2-4,7H2,1H3/t5-/m0/s1. The van der Waals surface area contributed by atoms with Crippen LogP contribution < -0.4 is 5.73 Å². The normalized spacial score (nSPS) is 12.7. The minimum Gasteiger partial charge on any atom is -0.320 e. The van der Waals surface area contributed by atoms with Gasteiger partial charge in [-0.15, -0.1) is 0 Å². The lowest BCUT2D eigenvalue weighted by atomic mass is 10.2. The summed E-state index contributed by atoms with van der Waals surface area (Å²) >= 11 is 0. The molecule has 0 heterocycles. The van der Waals surface area contributed by atoms with Crippen LogP contribution >= 0.6 is 0 Å². The molecule has 2 N–H and O–H groups in total. The van der Waals surface area contributed by atoms with Crippen molar-refractivity contribution >= 4 is 12.6 Å². The van der Waals surface area contributed by atoms with Crippen LogP contribution in [0.25, 0.3) is 0 Å². The fourth-order valence-electron chi connectivity index (χ4n) is 0.552. The van der Waals surface area contributed by atoms with Gasteiger partial charge in [-0.25, -0.2) is 4.99 Å². The molecule has 52 valence electrons. The molecule has 3 heteroatoms. The molecule has 0 aromatic heterocycles. The number of hydrogen-bond donors (Lipinski definition) is 1. The Morgan fingerprint density at radius 2 is 2.44 bits per heavy atom. The first-order valence-electron chi connectivity index (χ1n) is 2.98. The monoisotopic (exact) mass is 128 g/mol. The molecule has 9 heavy (non-hydrogen) atoms. The summed E-state index contributed by atoms with van der Waals surface area (Å²) in [6, 6.07) is -0.438. The van der Waals surface area contributed by atoms with E-state index in [1.165, 1.54) is 0 Å². The van der Waals surface area contributed by atoms with Gasteiger partial charge in [0.1, 0.15) is 0 Å².